The maximum atomic E-state index is 11.0. The molecule has 58 valence electrons. The number of terminal acetylenes is 1. The second-order valence-corrected chi connectivity index (χ2v) is 2.35. The first-order valence-electron chi connectivity index (χ1n) is 3.26. The summed E-state index contributed by atoms with van der Waals surface area (Å²) in [4.78, 5) is 12.4. The van der Waals surface area contributed by atoms with Gasteiger partial charge in [-0.1, -0.05) is 5.92 Å². The highest BCUT2D eigenvalue weighted by Crippen LogP contribution is 2.06. The number of carbonyl (C=O) groups excluding carboxylic acids is 1. The summed E-state index contributed by atoms with van der Waals surface area (Å²) in [6.45, 7) is 2.02. The molecule has 0 aliphatic carbocycles. The number of nitrogens with one attached hydrogen (secondary N) is 2. The predicted molar refractivity (Wildman–Crippen MR) is 41.3 cm³/mol. The lowest BCUT2D eigenvalue weighted by Gasteiger charge is -2.14. The van der Waals surface area contributed by atoms with Crippen LogP contribution in [0, 0.1) is 17.8 Å². The Bertz CT molecular complexity index is 241. The topological polar surface area (TPSA) is 56.2 Å². The van der Waals surface area contributed by atoms with Gasteiger partial charge in [0.1, 0.15) is 5.84 Å². The van der Waals surface area contributed by atoms with Crippen LogP contribution in [0.1, 0.15) is 6.92 Å². The first kappa shape index (κ1) is 7.61. The molecule has 0 aromatic rings. The molecule has 2 N–H and O–H groups in total. The fourth-order valence-corrected chi connectivity index (χ4v) is 0.930. The zero-order valence-electron chi connectivity index (χ0n) is 6.22. The number of rotatable bonds is 1. The Balaban J connectivity index is 2.73. The molecule has 2 amide bonds. The zero-order chi connectivity index (χ0) is 8.43. The number of amidine groups is 1. The molecule has 1 saturated heterocycles. The molecule has 0 aromatic heterocycles. The molecule has 0 spiro atoms. The van der Waals surface area contributed by atoms with Crippen molar-refractivity contribution in [2.75, 3.05) is 6.54 Å². The Morgan fingerprint density at radius 3 is 2.91 bits per heavy atom. The van der Waals surface area contributed by atoms with E-state index in [-0.39, 0.29) is 24.5 Å². The van der Waals surface area contributed by atoms with Gasteiger partial charge >= 0.3 is 6.03 Å². The van der Waals surface area contributed by atoms with Gasteiger partial charge in [0.2, 0.25) is 0 Å². The van der Waals surface area contributed by atoms with Crippen molar-refractivity contribution in [3.63, 3.8) is 0 Å². The van der Waals surface area contributed by atoms with Crippen LogP contribution in [0.4, 0.5) is 4.79 Å². The van der Waals surface area contributed by atoms with Crippen LogP contribution in [0.5, 0.6) is 0 Å². The van der Waals surface area contributed by atoms with Crippen molar-refractivity contribution in [3.8, 4) is 12.3 Å². The number of carbonyl (C=O) groups is 1. The maximum Gasteiger partial charge on any atom is 0.324 e. The van der Waals surface area contributed by atoms with Crippen LogP contribution in [-0.4, -0.2) is 29.4 Å². The highest BCUT2D eigenvalue weighted by Gasteiger charge is 2.30. The van der Waals surface area contributed by atoms with Gasteiger partial charge in [-0.25, -0.2) is 4.79 Å². The number of hydrogen-bond donors (Lipinski definition) is 2. The first-order chi connectivity index (χ1) is 5.16. The summed E-state index contributed by atoms with van der Waals surface area (Å²) in [5, 5.41) is 9.63. The summed E-state index contributed by atoms with van der Waals surface area (Å²) in [5.41, 5.74) is 0. The Hall–Kier alpha value is -1.50. The lowest BCUT2D eigenvalue weighted by atomic mass is 10.3. The Morgan fingerprint density at radius 2 is 2.55 bits per heavy atom. The fourth-order valence-electron chi connectivity index (χ4n) is 0.930. The van der Waals surface area contributed by atoms with Crippen molar-refractivity contribution < 1.29 is 4.79 Å². The standard InChI is InChI=1S/C7H9N3O/c1-3-4-10-5(2)6(8)9-7(10)11/h1,5H,4H2,2H3,(H2,8,9,11). The molecular formula is C7H9N3O. The lowest BCUT2D eigenvalue weighted by Crippen LogP contribution is -2.32. The van der Waals surface area contributed by atoms with Crippen LogP contribution < -0.4 is 5.32 Å². The van der Waals surface area contributed by atoms with Crippen molar-refractivity contribution in [3.05, 3.63) is 0 Å². The second kappa shape index (κ2) is 2.62. The SMILES string of the molecule is C#CCN1C(=O)NC(=N)C1C. The van der Waals surface area contributed by atoms with Gasteiger partial charge in [0.15, 0.2) is 0 Å². The summed E-state index contributed by atoms with van der Waals surface area (Å²) >= 11 is 0. The molecule has 1 aliphatic rings. The van der Waals surface area contributed by atoms with E-state index < -0.39 is 0 Å². The monoisotopic (exact) mass is 151 g/mol. The van der Waals surface area contributed by atoms with Crippen molar-refractivity contribution in [2.45, 2.75) is 13.0 Å². The van der Waals surface area contributed by atoms with E-state index >= 15 is 0 Å². The molecule has 1 rings (SSSR count). The maximum absolute atomic E-state index is 11.0. The van der Waals surface area contributed by atoms with Gasteiger partial charge in [0, 0.05) is 0 Å². The van der Waals surface area contributed by atoms with Crippen molar-refractivity contribution in [2.24, 2.45) is 0 Å². The van der Waals surface area contributed by atoms with Crippen LogP contribution in [0.15, 0.2) is 0 Å². The lowest BCUT2D eigenvalue weighted by molar-refractivity contribution is 0.214. The Labute approximate surface area is 65.1 Å². The van der Waals surface area contributed by atoms with Crippen molar-refractivity contribution in [1.29, 1.82) is 5.41 Å². The third-order valence-corrected chi connectivity index (χ3v) is 1.65. The second-order valence-electron chi connectivity index (χ2n) is 2.35. The molecule has 0 bridgehead atoms. The van der Waals surface area contributed by atoms with Crippen LogP contribution in [-0.2, 0) is 0 Å². The van der Waals surface area contributed by atoms with Gasteiger partial charge in [-0.3, -0.25) is 10.7 Å². The fraction of sp³-hybridized carbons (Fsp3) is 0.429. The average molecular weight is 151 g/mol. The summed E-state index contributed by atoms with van der Waals surface area (Å²) in [5.74, 6) is 2.57. The largest absolute Gasteiger partial charge is 0.324 e. The smallest absolute Gasteiger partial charge is 0.303 e. The van der Waals surface area contributed by atoms with Gasteiger partial charge in [-0.2, -0.15) is 0 Å². The van der Waals surface area contributed by atoms with E-state index in [0.29, 0.717) is 0 Å². The summed E-state index contributed by atoms with van der Waals surface area (Å²) < 4.78 is 0. The normalized spacial score (nSPS) is 23.3. The van der Waals surface area contributed by atoms with E-state index in [9.17, 15) is 4.79 Å². The van der Waals surface area contributed by atoms with Gasteiger partial charge in [0.05, 0.1) is 12.6 Å². The van der Waals surface area contributed by atoms with Crippen LogP contribution in [0.25, 0.3) is 0 Å². The van der Waals surface area contributed by atoms with Crippen LogP contribution in [0.2, 0.25) is 0 Å². The Morgan fingerprint density at radius 1 is 1.91 bits per heavy atom. The van der Waals surface area contributed by atoms with Crippen molar-refractivity contribution >= 4 is 11.9 Å². The molecule has 0 radical (unpaired) electrons. The number of hydrogen-bond acceptors (Lipinski definition) is 2. The minimum Gasteiger partial charge on any atom is -0.303 e. The van der Waals surface area contributed by atoms with Gasteiger partial charge < -0.3 is 4.90 Å². The highest BCUT2D eigenvalue weighted by molar-refractivity contribution is 6.05. The van der Waals surface area contributed by atoms with E-state index in [4.69, 9.17) is 11.8 Å². The third-order valence-electron chi connectivity index (χ3n) is 1.65. The van der Waals surface area contributed by atoms with Crippen LogP contribution >= 0.6 is 0 Å². The van der Waals surface area contributed by atoms with E-state index in [1.165, 1.54) is 4.90 Å². The van der Waals surface area contributed by atoms with E-state index in [0.717, 1.165) is 0 Å². The van der Waals surface area contributed by atoms with E-state index in [2.05, 4.69) is 11.2 Å². The number of nitrogens with zero attached hydrogens (tertiary/aromatic N) is 1. The summed E-state index contributed by atoms with van der Waals surface area (Å²) in [7, 11) is 0. The number of urea groups is 1. The average Bonchev–Trinajstić information content (AvgIpc) is 2.17. The van der Waals surface area contributed by atoms with Gasteiger partial charge in [0.25, 0.3) is 0 Å². The van der Waals surface area contributed by atoms with Crippen LogP contribution in [0.3, 0.4) is 0 Å². The van der Waals surface area contributed by atoms with E-state index in [1.807, 2.05) is 0 Å². The molecule has 0 aromatic carbocycles. The molecule has 1 aliphatic heterocycles. The number of amides is 2. The molecule has 1 atom stereocenters. The molecule has 4 nitrogen and oxygen atoms in total. The highest BCUT2D eigenvalue weighted by atomic mass is 16.2. The van der Waals surface area contributed by atoms with Gasteiger partial charge in [-0.15, -0.1) is 6.42 Å². The predicted octanol–water partition coefficient (Wildman–Crippen LogP) is 0.0106. The minimum absolute atomic E-state index is 0.210. The molecule has 4 heteroatoms. The summed E-state index contributed by atoms with van der Waals surface area (Å²) in [6, 6.07) is -0.487. The quantitative estimate of drug-likeness (QED) is 0.509. The zero-order valence-corrected chi connectivity index (χ0v) is 6.22. The van der Waals surface area contributed by atoms with Gasteiger partial charge in [-0.05, 0) is 6.92 Å². The first-order valence-corrected chi connectivity index (χ1v) is 3.26. The molecule has 1 unspecified atom stereocenters. The molecule has 1 heterocycles. The summed E-state index contributed by atoms with van der Waals surface area (Å²) in [6.07, 6.45) is 5.04. The molecule has 0 saturated carbocycles. The molecular weight excluding hydrogens is 142 g/mol. The van der Waals surface area contributed by atoms with E-state index in [1.54, 1.807) is 6.92 Å². The van der Waals surface area contributed by atoms with Crippen molar-refractivity contribution in [1.82, 2.24) is 10.2 Å². The third kappa shape index (κ3) is 1.17. The molecule has 11 heavy (non-hydrogen) atoms. The minimum atomic E-state index is -0.277. The molecule has 1 fully saturated rings. The Kier molecular flexibility index (Phi) is 1.81.